The van der Waals surface area contributed by atoms with Crippen LogP contribution < -0.4 is 0 Å². The van der Waals surface area contributed by atoms with Crippen LogP contribution in [0.5, 0.6) is 0 Å². The van der Waals surface area contributed by atoms with Crippen LogP contribution in [0.1, 0.15) is 30.3 Å². The van der Waals surface area contributed by atoms with Crippen molar-refractivity contribution in [1.82, 2.24) is 14.7 Å². The predicted octanol–water partition coefficient (Wildman–Crippen LogP) is 4.52. The van der Waals surface area contributed by atoms with Crippen molar-refractivity contribution in [3.63, 3.8) is 0 Å². The molecule has 10 heteroatoms. The van der Waals surface area contributed by atoms with Crippen LogP contribution in [0.2, 0.25) is 5.02 Å². The number of piperidine rings is 1. The number of ether oxygens (including phenoxy) is 1. The normalized spacial score (nSPS) is 15.7. The monoisotopic (exact) mass is 482 g/mol. The number of nitro groups is 1. The summed E-state index contributed by atoms with van der Waals surface area (Å²) in [6.07, 6.45) is 1.37. The Kier molecular flexibility index (Phi) is 6.93. The third-order valence-corrected chi connectivity index (χ3v) is 5.95. The molecule has 0 aliphatic carbocycles. The molecular formula is C24H23ClN4O5. The Morgan fingerprint density at radius 2 is 1.88 bits per heavy atom. The van der Waals surface area contributed by atoms with Gasteiger partial charge in [0.15, 0.2) is 0 Å². The first-order chi connectivity index (χ1) is 16.4. The van der Waals surface area contributed by atoms with Crippen LogP contribution in [0.15, 0.2) is 54.6 Å². The standard InChI is InChI=1S/C24H23ClN4O5/c1-2-34-24(31)17-4-3-13-27(15-17)23(30)22-14-21(16-5-9-20(10-6-16)29(32)33)26-28(22)19-11-7-18(25)8-12-19/h5-12,14,17H,2-4,13,15H2,1H3. The van der Waals surface area contributed by atoms with E-state index in [0.717, 1.165) is 0 Å². The van der Waals surface area contributed by atoms with E-state index in [1.54, 1.807) is 54.3 Å². The number of non-ortho nitro benzene ring substituents is 1. The lowest BCUT2D eigenvalue weighted by molar-refractivity contribution is -0.384. The molecule has 1 fully saturated rings. The summed E-state index contributed by atoms with van der Waals surface area (Å²) >= 11 is 6.03. The molecule has 2 heterocycles. The van der Waals surface area contributed by atoms with E-state index >= 15 is 0 Å². The van der Waals surface area contributed by atoms with Gasteiger partial charge in [0.25, 0.3) is 11.6 Å². The Balaban J connectivity index is 1.70. The second-order valence-electron chi connectivity index (χ2n) is 7.95. The van der Waals surface area contributed by atoms with Crippen molar-refractivity contribution in [2.45, 2.75) is 19.8 Å². The maximum atomic E-state index is 13.6. The molecule has 1 atom stereocenters. The lowest BCUT2D eigenvalue weighted by Gasteiger charge is -2.31. The third kappa shape index (κ3) is 4.94. The molecule has 0 saturated carbocycles. The van der Waals surface area contributed by atoms with Crippen molar-refractivity contribution < 1.29 is 19.2 Å². The first-order valence-corrected chi connectivity index (χ1v) is 11.3. The highest BCUT2D eigenvalue weighted by atomic mass is 35.5. The number of hydrogen-bond acceptors (Lipinski definition) is 6. The summed E-state index contributed by atoms with van der Waals surface area (Å²) in [7, 11) is 0. The Morgan fingerprint density at radius 1 is 1.18 bits per heavy atom. The molecule has 0 N–H and O–H groups in total. The van der Waals surface area contributed by atoms with Gasteiger partial charge in [0.2, 0.25) is 0 Å². The number of carbonyl (C=O) groups excluding carboxylic acids is 2. The zero-order chi connectivity index (χ0) is 24.2. The highest BCUT2D eigenvalue weighted by Crippen LogP contribution is 2.27. The van der Waals surface area contributed by atoms with Crippen LogP contribution in [0, 0.1) is 16.0 Å². The summed E-state index contributed by atoms with van der Waals surface area (Å²) in [5, 5.41) is 16.2. The van der Waals surface area contributed by atoms with Gasteiger partial charge >= 0.3 is 5.97 Å². The van der Waals surface area contributed by atoms with Gasteiger partial charge in [0, 0.05) is 35.8 Å². The largest absolute Gasteiger partial charge is 0.466 e. The van der Waals surface area contributed by atoms with Crippen molar-refractivity contribution >= 4 is 29.2 Å². The Morgan fingerprint density at radius 3 is 2.53 bits per heavy atom. The van der Waals surface area contributed by atoms with E-state index in [9.17, 15) is 19.7 Å². The van der Waals surface area contributed by atoms with E-state index in [-0.39, 0.29) is 30.0 Å². The van der Waals surface area contributed by atoms with Gasteiger partial charge in [-0.15, -0.1) is 0 Å². The summed E-state index contributed by atoms with van der Waals surface area (Å²) in [6.45, 7) is 2.85. The molecule has 1 unspecified atom stereocenters. The topological polar surface area (TPSA) is 108 Å². The van der Waals surface area contributed by atoms with E-state index < -0.39 is 4.92 Å². The van der Waals surface area contributed by atoms with Crippen molar-refractivity contribution in [1.29, 1.82) is 0 Å². The molecule has 1 aliphatic heterocycles. The van der Waals surface area contributed by atoms with Gasteiger partial charge in [0.05, 0.1) is 28.8 Å². The van der Waals surface area contributed by atoms with Crippen molar-refractivity contribution in [3.8, 4) is 16.9 Å². The SMILES string of the molecule is CCOC(=O)C1CCCN(C(=O)c2cc(-c3ccc([N+](=O)[O-])cc3)nn2-c2ccc(Cl)cc2)C1. The highest BCUT2D eigenvalue weighted by molar-refractivity contribution is 6.30. The molecule has 0 radical (unpaired) electrons. The van der Waals surface area contributed by atoms with Crippen LogP contribution in [0.25, 0.3) is 16.9 Å². The fourth-order valence-corrected chi connectivity index (χ4v) is 4.11. The van der Waals surface area contributed by atoms with Gasteiger partial charge in [0.1, 0.15) is 5.69 Å². The van der Waals surface area contributed by atoms with E-state index in [4.69, 9.17) is 16.3 Å². The van der Waals surface area contributed by atoms with Gasteiger partial charge in [-0.1, -0.05) is 11.6 Å². The van der Waals surface area contributed by atoms with Crippen molar-refractivity contribution in [2.75, 3.05) is 19.7 Å². The molecule has 1 saturated heterocycles. The third-order valence-electron chi connectivity index (χ3n) is 5.70. The number of rotatable bonds is 6. The second kappa shape index (κ2) is 10.0. The molecule has 0 bridgehead atoms. The zero-order valence-electron chi connectivity index (χ0n) is 18.5. The smallest absolute Gasteiger partial charge is 0.310 e. The minimum Gasteiger partial charge on any atom is -0.466 e. The van der Waals surface area contributed by atoms with Gasteiger partial charge in [-0.3, -0.25) is 19.7 Å². The molecule has 0 spiro atoms. The number of aromatic nitrogens is 2. The molecule has 1 aromatic heterocycles. The number of esters is 1. The highest BCUT2D eigenvalue weighted by Gasteiger charge is 2.31. The van der Waals surface area contributed by atoms with Crippen LogP contribution in [-0.2, 0) is 9.53 Å². The summed E-state index contributed by atoms with van der Waals surface area (Å²) in [6, 6.07) is 14.6. The quantitative estimate of drug-likeness (QED) is 0.290. The molecular weight excluding hydrogens is 460 g/mol. The number of likely N-dealkylation sites (tertiary alicyclic amines) is 1. The zero-order valence-corrected chi connectivity index (χ0v) is 19.3. The number of hydrogen-bond donors (Lipinski definition) is 0. The van der Waals surface area contributed by atoms with E-state index in [1.807, 2.05) is 0 Å². The Bertz CT molecular complexity index is 1210. The Labute approximate surface area is 201 Å². The maximum absolute atomic E-state index is 13.6. The second-order valence-corrected chi connectivity index (χ2v) is 8.39. The fourth-order valence-electron chi connectivity index (χ4n) is 3.98. The Hall–Kier alpha value is -3.72. The molecule has 2 aromatic carbocycles. The first-order valence-electron chi connectivity index (χ1n) is 10.9. The summed E-state index contributed by atoms with van der Waals surface area (Å²) in [4.78, 5) is 38.0. The van der Waals surface area contributed by atoms with Crippen molar-refractivity contribution in [2.24, 2.45) is 5.92 Å². The number of amides is 1. The van der Waals surface area contributed by atoms with Crippen LogP contribution in [0.4, 0.5) is 5.69 Å². The summed E-state index contributed by atoms with van der Waals surface area (Å²) in [5.74, 6) is -0.916. The predicted molar refractivity (Wildman–Crippen MR) is 126 cm³/mol. The number of benzene rings is 2. The molecule has 3 aromatic rings. The average molecular weight is 483 g/mol. The fraction of sp³-hybridized carbons (Fsp3) is 0.292. The molecule has 34 heavy (non-hydrogen) atoms. The average Bonchev–Trinajstić information content (AvgIpc) is 3.30. The number of nitrogens with zero attached hydrogens (tertiary/aromatic N) is 4. The minimum atomic E-state index is -0.471. The van der Waals surface area contributed by atoms with E-state index in [1.165, 1.54) is 16.8 Å². The van der Waals surface area contributed by atoms with Gasteiger partial charge in [-0.05, 0) is 62.2 Å². The van der Waals surface area contributed by atoms with Gasteiger partial charge < -0.3 is 9.64 Å². The molecule has 176 valence electrons. The molecule has 9 nitrogen and oxygen atoms in total. The van der Waals surface area contributed by atoms with E-state index in [2.05, 4.69) is 5.10 Å². The molecule has 1 amide bonds. The summed E-state index contributed by atoms with van der Waals surface area (Å²) in [5.41, 5.74) is 2.05. The summed E-state index contributed by atoms with van der Waals surface area (Å²) < 4.78 is 6.68. The van der Waals surface area contributed by atoms with Crippen LogP contribution in [0.3, 0.4) is 0 Å². The van der Waals surface area contributed by atoms with Crippen LogP contribution in [-0.4, -0.2) is 51.2 Å². The molecule has 4 rings (SSSR count). The molecule has 1 aliphatic rings. The number of halogens is 1. The van der Waals surface area contributed by atoms with Gasteiger partial charge in [-0.2, -0.15) is 5.10 Å². The minimum absolute atomic E-state index is 0.0319. The van der Waals surface area contributed by atoms with Crippen LogP contribution >= 0.6 is 11.6 Å². The maximum Gasteiger partial charge on any atom is 0.310 e. The lowest BCUT2D eigenvalue weighted by atomic mass is 9.98. The van der Waals surface area contributed by atoms with E-state index in [0.29, 0.717) is 53.7 Å². The van der Waals surface area contributed by atoms with Gasteiger partial charge in [-0.25, -0.2) is 4.68 Å². The number of carbonyl (C=O) groups is 2. The first kappa shape index (κ1) is 23.4. The lowest BCUT2D eigenvalue weighted by Crippen LogP contribution is -2.43. The number of nitro benzene ring substituents is 1. The van der Waals surface area contributed by atoms with Crippen molar-refractivity contribution in [3.05, 3.63) is 75.4 Å².